The van der Waals surface area contributed by atoms with E-state index in [1.165, 1.54) is 24.8 Å². The van der Waals surface area contributed by atoms with Crippen LogP contribution in [-0.2, 0) is 4.79 Å². The monoisotopic (exact) mass is 176 g/mol. The molecule has 3 aliphatic rings. The van der Waals surface area contributed by atoms with Crippen LogP contribution in [0, 0.1) is 16.7 Å². The molecule has 70 valence electrons. The van der Waals surface area contributed by atoms with E-state index in [2.05, 4.69) is 13.5 Å². The van der Waals surface area contributed by atoms with E-state index in [9.17, 15) is 4.79 Å². The van der Waals surface area contributed by atoms with Gasteiger partial charge in [0.05, 0.1) is 5.41 Å². The number of hydrogen-bond acceptors (Lipinski definition) is 1. The van der Waals surface area contributed by atoms with E-state index in [-0.39, 0.29) is 5.41 Å². The second kappa shape index (κ2) is 1.92. The number of hydrogen-bond donors (Lipinski definition) is 0. The van der Waals surface area contributed by atoms with Gasteiger partial charge in [-0.05, 0) is 37.5 Å². The van der Waals surface area contributed by atoms with Crippen LogP contribution in [0.2, 0.25) is 0 Å². The molecule has 3 fully saturated rings. The lowest BCUT2D eigenvalue weighted by molar-refractivity contribution is -0.133. The molecule has 13 heavy (non-hydrogen) atoms. The van der Waals surface area contributed by atoms with Gasteiger partial charge in [0.25, 0.3) is 0 Å². The van der Waals surface area contributed by atoms with E-state index in [0.717, 1.165) is 12.8 Å². The fourth-order valence-corrected chi connectivity index (χ4v) is 4.36. The molecule has 0 N–H and O–H groups in total. The van der Waals surface area contributed by atoms with Crippen LogP contribution in [0.25, 0.3) is 0 Å². The van der Waals surface area contributed by atoms with Crippen LogP contribution >= 0.6 is 0 Å². The van der Waals surface area contributed by atoms with Gasteiger partial charge in [-0.2, -0.15) is 0 Å². The average Bonchev–Trinajstić information content (AvgIpc) is 2.62. The van der Waals surface area contributed by atoms with Crippen molar-refractivity contribution in [1.82, 2.24) is 0 Å². The van der Waals surface area contributed by atoms with Gasteiger partial charge in [-0.3, -0.25) is 4.79 Å². The predicted octanol–water partition coefficient (Wildman–Crippen LogP) is 2.71. The smallest absolute Gasteiger partial charge is 0.143 e. The highest BCUT2D eigenvalue weighted by atomic mass is 16.1. The maximum atomic E-state index is 11.8. The normalized spacial score (nSPS) is 53.2. The highest BCUT2D eigenvalue weighted by Crippen LogP contribution is 2.76. The Morgan fingerprint density at radius 1 is 1.46 bits per heavy atom. The first-order valence-electron chi connectivity index (χ1n) is 5.35. The minimum absolute atomic E-state index is 0.103. The maximum Gasteiger partial charge on any atom is 0.143 e. The number of rotatable bonds is 0. The largest absolute Gasteiger partial charge is 0.299 e. The van der Waals surface area contributed by atoms with E-state index in [4.69, 9.17) is 0 Å². The van der Waals surface area contributed by atoms with Gasteiger partial charge < -0.3 is 0 Å². The van der Waals surface area contributed by atoms with Crippen LogP contribution < -0.4 is 0 Å². The molecule has 0 aromatic carbocycles. The Morgan fingerprint density at radius 3 is 3.00 bits per heavy atom. The van der Waals surface area contributed by atoms with Crippen LogP contribution in [0.3, 0.4) is 0 Å². The Balaban J connectivity index is 2.14. The zero-order chi connectivity index (χ0) is 9.27. The molecule has 0 bridgehead atoms. The second-order valence-electron chi connectivity index (χ2n) is 5.17. The van der Waals surface area contributed by atoms with E-state index >= 15 is 0 Å². The Morgan fingerprint density at radius 2 is 2.23 bits per heavy atom. The number of ketones is 1. The lowest BCUT2D eigenvalue weighted by atomic mass is 9.44. The van der Waals surface area contributed by atoms with Crippen LogP contribution in [-0.4, -0.2) is 5.78 Å². The average molecular weight is 176 g/mol. The minimum Gasteiger partial charge on any atom is -0.299 e. The van der Waals surface area contributed by atoms with Crippen molar-refractivity contribution in [3.05, 3.63) is 12.2 Å². The molecule has 3 saturated carbocycles. The topological polar surface area (TPSA) is 17.1 Å². The molecule has 1 nitrogen and oxygen atoms in total. The summed E-state index contributed by atoms with van der Waals surface area (Å²) in [6.07, 6.45) is 5.84. The van der Waals surface area contributed by atoms with Crippen LogP contribution in [0.4, 0.5) is 0 Å². The number of carbonyl (C=O) groups is 1. The predicted molar refractivity (Wildman–Crippen MR) is 51.3 cm³/mol. The van der Waals surface area contributed by atoms with Crippen molar-refractivity contribution in [2.75, 3.05) is 0 Å². The third-order valence-corrected chi connectivity index (χ3v) is 5.20. The van der Waals surface area contributed by atoms with Gasteiger partial charge in [0, 0.05) is 6.42 Å². The van der Waals surface area contributed by atoms with Gasteiger partial charge in [0.15, 0.2) is 0 Å². The Bertz CT molecular complexity index is 317. The van der Waals surface area contributed by atoms with Gasteiger partial charge in [-0.25, -0.2) is 0 Å². The maximum absolute atomic E-state index is 11.8. The molecule has 0 aliphatic heterocycles. The lowest BCUT2D eigenvalue weighted by Crippen LogP contribution is -2.55. The van der Waals surface area contributed by atoms with Crippen molar-refractivity contribution in [2.24, 2.45) is 16.7 Å². The summed E-state index contributed by atoms with van der Waals surface area (Å²) in [4.78, 5) is 11.8. The molecule has 3 rings (SSSR count). The SMILES string of the molecule is C=C1C2CCCC23CCC(=O)C13C. The zero-order valence-electron chi connectivity index (χ0n) is 8.23. The Kier molecular flexibility index (Phi) is 1.15. The first-order valence-corrected chi connectivity index (χ1v) is 5.35. The molecule has 0 heterocycles. The van der Waals surface area contributed by atoms with Crippen molar-refractivity contribution < 1.29 is 4.79 Å². The van der Waals surface area contributed by atoms with Gasteiger partial charge >= 0.3 is 0 Å². The van der Waals surface area contributed by atoms with E-state index < -0.39 is 0 Å². The van der Waals surface area contributed by atoms with Crippen molar-refractivity contribution in [1.29, 1.82) is 0 Å². The van der Waals surface area contributed by atoms with Gasteiger partial charge in [0.2, 0.25) is 0 Å². The molecule has 0 radical (unpaired) electrons. The van der Waals surface area contributed by atoms with Crippen molar-refractivity contribution in [3.8, 4) is 0 Å². The standard InChI is InChI=1S/C12H16O/c1-8-9-4-3-6-12(9)7-5-10(13)11(8,12)2/h9H,1,3-7H2,2H3. The molecule has 3 aliphatic carbocycles. The Labute approximate surface area is 79.2 Å². The third kappa shape index (κ3) is 0.536. The first kappa shape index (κ1) is 7.78. The zero-order valence-corrected chi connectivity index (χ0v) is 8.23. The summed E-state index contributed by atoms with van der Waals surface area (Å²) < 4.78 is 0. The summed E-state index contributed by atoms with van der Waals surface area (Å²) in [7, 11) is 0. The molecule has 0 aromatic heterocycles. The summed E-state index contributed by atoms with van der Waals surface area (Å²) in [6, 6.07) is 0. The summed E-state index contributed by atoms with van der Waals surface area (Å²) in [5.41, 5.74) is 1.53. The van der Waals surface area contributed by atoms with Gasteiger partial charge in [-0.1, -0.05) is 18.6 Å². The fourth-order valence-electron chi connectivity index (χ4n) is 4.36. The summed E-state index contributed by atoms with van der Waals surface area (Å²) >= 11 is 0. The van der Waals surface area contributed by atoms with Gasteiger partial charge in [0.1, 0.15) is 5.78 Å². The highest BCUT2D eigenvalue weighted by Gasteiger charge is 2.72. The molecule has 3 unspecified atom stereocenters. The first-order chi connectivity index (χ1) is 6.13. The molecule has 3 atom stereocenters. The second-order valence-corrected chi connectivity index (χ2v) is 5.17. The molecular formula is C12H16O. The number of Topliss-reactive ketones (excluding diaryl/α,β-unsaturated/α-hetero) is 1. The van der Waals surface area contributed by atoms with Crippen molar-refractivity contribution >= 4 is 5.78 Å². The molecule has 1 spiro atoms. The highest BCUT2D eigenvalue weighted by molar-refractivity contribution is 5.93. The molecule has 0 saturated heterocycles. The quantitative estimate of drug-likeness (QED) is 0.519. The fraction of sp³-hybridized carbons (Fsp3) is 0.750. The molecule has 0 aromatic rings. The molecule has 1 heteroatoms. The Hall–Kier alpha value is -0.590. The van der Waals surface area contributed by atoms with Crippen molar-refractivity contribution in [3.63, 3.8) is 0 Å². The summed E-state index contributed by atoms with van der Waals surface area (Å²) in [5, 5.41) is 0. The van der Waals surface area contributed by atoms with Crippen LogP contribution in [0.15, 0.2) is 12.2 Å². The summed E-state index contributed by atoms with van der Waals surface area (Å²) in [6.45, 7) is 6.29. The third-order valence-electron chi connectivity index (χ3n) is 5.20. The summed E-state index contributed by atoms with van der Waals surface area (Å²) in [5.74, 6) is 1.17. The van der Waals surface area contributed by atoms with E-state index in [1.807, 2.05) is 0 Å². The lowest BCUT2D eigenvalue weighted by Gasteiger charge is -2.58. The van der Waals surface area contributed by atoms with Crippen LogP contribution in [0.1, 0.15) is 39.0 Å². The molecule has 0 amide bonds. The van der Waals surface area contributed by atoms with E-state index in [1.54, 1.807) is 0 Å². The van der Waals surface area contributed by atoms with Gasteiger partial charge in [-0.15, -0.1) is 0 Å². The minimum atomic E-state index is -0.103. The van der Waals surface area contributed by atoms with Crippen molar-refractivity contribution in [2.45, 2.75) is 39.0 Å². The number of carbonyl (C=O) groups excluding carboxylic acids is 1. The van der Waals surface area contributed by atoms with Crippen LogP contribution in [0.5, 0.6) is 0 Å². The molecular weight excluding hydrogens is 160 g/mol. The number of allylic oxidation sites excluding steroid dienone is 1. The van der Waals surface area contributed by atoms with E-state index in [0.29, 0.717) is 17.1 Å².